The highest BCUT2D eigenvalue weighted by atomic mass is 32.1. The van der Waals surface area contributed by atoms with E-state index in [0.29, 0.717) is 25.3 Å². The summed E-state index contributed by atoms with van der Waals surface area (Å²) in [7, 11) is 0.916. The molecular weight excluding hydrogens is 401 g/mol. The number of alkyl halides is 3. The van der Waals surface area contributed by atoms with Crippen LogP contribution in [0.25, 0.3) is 15.8 Å². The second kappa shape index (κ2) is 7.20. The third kappa shape index (κ3) is 3.43. The molecule has 2 heterocycles. The van der Waals surface area contributed by atoms with Gasteiger partial charge in [-0.1, -0.05) is 0 Å². The van der Waals surface area contributed by atoms with Crippen LogP contribution in [0, 0.1) is 0 Å². The van der Waals surface area contributed by atoms with Crippen LogP contribution in [0.5, 0.6) is 0 Å². The lowest BCUT2D eigenvalue weighted by Gasteiger charge is -2.14. The number of nitrogens with one attached hydrogen (secondary N) is 1. The van der Waals surface area contributed by atoms with Gasteiger partial charge in [0.2, 0.25) is 0 Å². The maximum atomic E-state index is 13.0. The molecule has 2 N–H and O–H groups in total. The van der Waals surface area contributed by atoms with Crippen LogP contribution < -0.4 is 16.6 Å². The number of benzene rings is 1. The van der Waals surface area contributed by atoms with Crippen LogP contribution in [-0.2, 0) is 13.2 Å². The average Bonchev–Trinajstić information content (AvgIpc) is 3.05. The van der Waals surface area contributed by atoms with Crippen molar-refractivity contribution < 1.29 is 23.1 Å². The van der Waals surface area contributed by atoms with Crippen LogP contribution >= 0.6 is 11.5 Å². The molecule has 0 aliphatic rings. The summed E-state index contributed by atoms with van der Waals surface area (Å²) in [6.07, 6.45) is -4.86. The maximum absolute atomic E-state index is 13.0. The minimum absolute atomic E-state index is 0.00299. The van der Waals surface area contributed by atoms with E-state index in [1.807, 2.05) is 0 Å². The van der Waals surface area contributed by atoms with Gasteiger partial charge in [-0.2, -0.15) is 17.5 Å². The summed E-state index contributed by atoms with van der Waals surface area (Å²) in [5.74, 6) is -0.565. The van der Waals surface area contributed by atoms with E-state index in [-0.39, 0.29) is 24.5 Å². The molecule has 0 spiro atoms. The standard InChI is InChI=1S/C16H13F3N4O4S/c1-22-11(16(17,18)19)7-12(25)23(15(22)27)8-2-3-10-9(6-8)13(21-28-10)14(26)20-4-5-24/h2-3,6-7,24H,4-5H2,1H3,(H,20,26). The summed E-state index contributed by atoms with van der Waals surface area (Å²) in [4.78, 5) is 36.8. The molecule has 0 radical (unpaired) electrons. The van der Waals surface area contributed by atoms with Crippen molar-refractivity contribution in [3.8, 4) is 5.69 Å². The lowest BCUT2D eigenvalue weighted by atomic mass is 10.2. The molecule has 1 amide bonds. The van der Waals surface area contributed by atoms with Gasteiger partial charge in [0.15, 0.2) is 0 Å². The van der Waals surface area contributed by atoms with Crippen LogP contribution in [-0.4, -0.2) is 37.7 Å². The van der Waals surface area contributed by atoms with Crippen LogP contribution in [0.4, 0.5) is 13.2 Å². The molecular formula is C16H13F3N4O4S. The first kappa shape index (κ1) is 19.8. The Labute approximate surface area is 158 Å². The number of aliphatic hydroxyl groups excluding tert-OH is 1. The van der Waals surface area contributed by atoms with Gasteiger partial charge in [-0.05, 0) is 29.7 Å². The fraction of sp³-hybridized carbons (Fsp3) is 0.250. The molecule has 1 aromatic carbocycles. The molecule has 0 fully saturated rings. The van der Waals surface area contributed by atoms with E-state index in [9.17, 15) is 27.6 Å². The van der Waals surface area contributed by atoms with Crippen molar-refractivity contribution in [3.05, 3.63) is 56.5 Å². The molecule has 0 unspecified atom stereocenters. The number of aromatic nitrogens is 3. The number of hydrogen-bond acceptors (Lipinski definition) is 6. The van der Waals surface area contributed by atoms with Crippen LogP contribution in [0.2, 0.25) is 0 Å². The zero-order valence-electron chi connectivity index (χ0n) is 14.3. The quantitative estimate of drug-likeness (QED) is 0.660. The maximum Gasteiger partial charge on any atom is 0.431 e. The Morgan fingerprint density at radius 1 is 1.29 bits per heavy atom. The molecule has 0 atom stereocenters. The Hall–Kier alpha value is -2.99. The molecule has 3 aromatic rings. The van der Waals surface area contributed by atoms with Crippen molar-refractivity contribution in [1.29, 1.82) is 0 Å². The van der Waals surface area contributed by atoms with Gasteiger partial charge in [-0.3, -0.25) is 14.2 Å². The number of fused-ring (bicyclic) bond motifs is 1. The van der Waals surface area contributed by atoms with E-state index >= 15 is 0 Å². The van der Waals surface area contributed by atoms with E-state index < -0.39 is 29.0 Å². The van der Waals surface area contributed by atoms with Crippen molar-refractivity contribution in [2.75, 3.05) is 13.2 Å². The minimum Gasteiger partial charge on any atom is -0.395 e. The number of carbonyl (C=O) groups is 1. The monoisotopic (exact) mass is 414 g/mol. The molecule has 28 heavy (non-hydrogen) atoms. The van der Waals surface area contributed by atoms with Crippen molar-refractivity contribution in [2.45, 2.75) is 6.18 Å². The topological polar surface area (TPSA) is 106 Å². The lowest BCUT2D eigenvalue weighted by molar-refractivity contribution is -0.144. The van der Waals surface area contributed by atoms with Crippen LogP contribution in [0.15, 0.2) is 33.9 Å². The lowest BCUT2D eigenvalue weighted by Crippen LogP contribution is -2.40. The summed E-state index contributed by atoms with van der Waals surface area (Å²) in [6.45, 7) is -0.257. The van der Waals surface area contributed by atoms with Crippen molar-refractivity contribution in [2.24, 2.45) is 7.05 Å². The van der Waals surface area contributed by atoms with E-state index in [4.69, 9.17) is 5.11 Å². The Bertz CT molecular complexity index is 1180. The highest BCUT2D eigenvalue weighted by Gasteiger charge is 2.35. The summed E-state index contributed by atoms with van der Waals surface area (Å²) in [6, 6.07) is 4.57. The van der Waals surface area contributed by atoms with Crippen LogP contribution in [0.1, 0.15) is 16.2 Å². The van der Waals surface area contributed by atoms with E-state index in [1.165, 1.54) is 18.2 Å². The molecule has 0 aliphatic heterocycles. The number of aliphatic hydroxyl groups is 1. The average molecular weight is 414 g/mol. The smallest absolute Gasteiger partial charge is 0.395 e. The first-order valence-electron chi connectivity index (χ1n) is 7.84. The minimum atomic E-state index is -4.86. The fourth-order valence-electron chi connectivity index (χ4n) is 2.62. The SMILES string of the molecule is Cn1c(C(F)(F)F)cc(=O)n(-c2ccc3snc(C(=O)NCCO)c3c2)c1=O. The fourth-order valence-corrected chi connectivity index (χ4v) is 3.37. The van der Waals surface area contributed by atoms with Crippen molar-refractivity contribution in [1.82, 2.24) is 18.8 Å². The normalized spacial score (nSPS) is 11.8. The predicted molar refractivity (Wildman–Crippen MR) is 94.9 cm³/mol. The van der Waals surface area contributed by atoms with Crippen molar-refractivity contribution >= 4 is 27.5 Å². The van der Waals surface area contributed by atoms with Gasteiger partial charge in [0.05, 0.1) is 17.0 Å². The first-order valence-corrected chi connectivity index (χ1v) is 8.61. The number of amides is 1. The Kier molecular flexibility index (Phi) is 5.08. The number of rotatable bonds is 4. The third-order valence-corrected chi connectivity index (χ3v) is 4.76. The van der Waals surface area contributed by atoms with Gasteiger partial charge in [0.25, 0.3) is 11.5 Å². The van der Waals surface area contributed by atoms with Gasteiger partial charge in [0, 0.05) is 25.0 Å². The predicted octanol–water partition coefficient (Wildman–Crippen LogP) is 0.887. The molecule has 0 bridgehead atoms. The molecule has 0 saturated carbocycles. The summed E-state index contributed by atoms with van der Waals surface area (Å²) in [5, 5.41) is 11.6. The van der Waals surface area contributed by atoms with Gasteiger partial charge in [-0.15, -0.1) is 0 Å². The van der Waals surface area contributed by atoms with Crippen LogP contribution in [0.3, 0.4) is 0 Å². The highest BCUT2D eigenvalue weighted by Crippen LogP contribution is 2.28. The number of nitrogens with zero attached hydrogens (tertiary/aromatic N) is 3. The molecule has 12 heteroatoms. The van der Waals surface area contributed by atoms with Gasteiger partial charge in [-0.25, -0.2) is 9.36 Å². The Balaban J connectivity index is 2.18. The molecule has 0 aliphatic carbocycles. The second-order valence-electron chi connectivity index (χ2n) is 5.73. The van der Waals surface area contributed by atoms with E-state index in [2.05, 4.69) is 9.69 Å². The first-order chi connectivity index (χ1) is 13.1. The summed E-state index contributed by atoms with van der Waals surface area (Å²) >= 11 is 1.00. The Morgan fingerprint density at radius 2 is 2.00 bits per heavy atom. The van der Waals surface area contributed by atoms with E-state index in [0.717, 1.165) is 18.6 Å². The second-order valence-corrected chi connectivity index (χ2v) is 6.54. The summed E-state index contributed by atoms with van der Waals surface area (Å²) in [5.41, 5.74) is -3.66. The zero-order chi connectivity index (χ0) is 20.6. The molecule has 0 saturated heterocycles. The molecule has 2 aromatic heterocycles. The third-order valence-electron chi connectivity index (χ3n) is 3.93. The molecule has 8 nitrogen and oxygen atoms in total. The number of carbonyl (C=O) groups excluding carboxylic acids is 1. The van der Waals surface area contributed by atoms with Gasteiger partial charge in [0.1, 0.15) is 11.4 Å². The number of halogens is 3. The summed E-state index contributed by atoms with van der Waals surface area (Å²) < 4.78 is 44.5. The van der Waals surface area contributed by atoms with Gasteiger partial charge >= 0.3 is 11.9 Å². The Morgan fingerprint density at radius 3 is 2.64 bits per heavy atom. The largest absolute Gasteiger partial charge is 0.431 e. The molecule has 3 rings (SSSR count). The molecule has 148 valence electrons. The highest BCUT2D eigenvalue weighted by molar-refractivity contribution is 7.13. The number of hydrogen-bond donors (Lipinski definition) is 2. The zero-order valence-corrected chi connectivity index (χ0v) is 15.1. The van der Waals surface area contributed by atoms with E-state index in [1.54, 1.807) is 0 Å². The van der Waals surface area contributed by atoms with Gasteiger partial charge < -0.3 is 10.4 Å². The van der Waals surface area contributed by atoms with Crippen molar-refractivity contribution in [3.63, 3.8) is 0 Å².